The molecule has 1 saturated heterocycles. The molecule has 0 spiro atoms. The summed E-state index contributed by atoms with van der Waals surface area (Å²) >= 11 is 0. The number of imidazole rings is 1. The van der Waals surface area contributed by atoms with Gasteiger partial charge in [0.1, 0.15) is 24.0 Å². The number of aliphatic carboxylic acids is 1. The Morgan fingerprint density at radius 2 is 1.85 bits per heavy atom. The summed E-state index contributed by atoms with van der Waals surface area (Å²) in [5.74, 6) is -3.00. The van der Waals surface area contributed by atoms with E-state index in [2.05, 4.69) is 20.2 Å². The summed E-state index contributed by atoms with van der Waals surface area (Å²) in [7, 11) is 0. The number of carbonyl (C=O) groups is 4. The third-order valence-electron chi connectivity index (χ3n) is 6.29. The van der Waals surface area contributed by atoms with Crippen molar-refractivity contribution in [2.75, 3.05) is 32.8 Å². The zero-order valence-corrected chi connectivity index (χ0v) is 22.7. The number of aromatic nitrogens is 2. The first-order chi connectivity index (χ1) is 19.4. The lowest BCUT2D eigenvalue weighted by Gasteiger charge is -2.26. The van der Waals surface area contributed by atoms with Gasteiger partial charge in [0.15, 0.2) is 5.69 Å². The fourth-order valence-corrected chi connectivity index (χ4v) is 4.05. The average Bonchev–Trinajstić information content (AvgIpc) is 3.43. The number of carbonyl (C=O) groups excluding carboxylic acids is 3. The van der Waals surface area contributed by atoms with Gasteiger partial charge in [-0.05, 0) is 25.0 Å². The monoisotopic (exact) mass is 584 g/mol. The number of carboxylic acid groups (broad SMARTS) is 2. The second-order valence-corrected chi connectivity index (χ2v) is 9.41. The number of H-pyrrole nitrogens is 2. The number of ether oxygens (including phenoxy) is 1. The van der Waals surface area contributed by atoms with Gasteiger partial charge in [0.2, 0.25) is 5.91 Å². The maximum atomic E-state index is 12.8. The Bertz CT molecular complexity index is 1160. The number of rotatable bonds is 13. The van der Waals surface area contributed by atoms with E-state index in [0.29, 0.717) is 32.6 Å². The predicted octanol–water partition coefficient (Wildman–Crippen LogP) is 1.91. The van der Waals surface area contributed by atoms with Crippen molar-refractivity contribution in [3.05, 3.63) is 41.9 Å². The molecule has 1 aliphatic heterocycles. The van der Waals surface area contributed by atoms with E-state index in [0.717, 1.165) is 55.9 Å². The van der Waals surface area contributed by atoms with Gasteiger partial charge in [0.25, 0.3) is 5.82 Å². The molecule has 0 aliphatic carbocycles. The molecule has 2 heterocycles. The molecule has 14 heteroatoms. The van der Waals surface area contributed by atoms with Gasteiger partial charge < -0.3 is 25.1 Å². The lowest BCUT2D eigenvalue weighted by atomic mass is 10.0. The van der Waals surface area contributed by atoms with Crippen molar-refractivity contribution in [2.24, 2.45) is 0 Å². The Morgan fingerprint density at radius 1 is 1.17 bits per heavy atom. The predicted molar refractivity (Wildman–Crippen MR) is 137 cm³/mol. The van der Waals surface area contributed by atoms with Gasteiger partial charge in [-0.25, -0.2) is 14.8 Å². The largest absolute Gasteiger partial charge is 0.542 e. The van der Waals surface area contributed by atoms with Crippen LogP contribution in [-0.2, 0) is 19.1 Å². The first-order valence-corrected chi connectivity index (χ1v) is 13.2. The Labute approximate surface area is 235 Å². The number of nitrogens with one attached hydrogen (secondary N) is 3. The van der Waals surface area contributed by atoms with E-state index in [9.17, 15) is 32.7 Å². The number of halogens is 3. The van der Waals surface area contributed by atoms with Crippen LogP contribution in [0.25, 0.3) is 11.3 Å². The van der Waals surface area contributed by atoms with Gasteiger partial charge >= 0.3 is 12.1 Å². The van der Waals surface area contributed by atoms with Gasteiger partial charge in [0.05, 0.1) is 25.3 Å². The van der Waals surface area contributed by atoms with E-state index in [1.54, 1.807) is 24.4 Å². The summed E-state index contributed by atoms with van der Waals surface area (Å²) in [4.78, 5) is 53.1. The molecule has 0 radical (unpaired) electrons. The number of benzene rings is 1. The van der Waals surface area contributed by atoms with Crippen LogP contribution in [0, 0.1) is 0 Å². The molecule has 1 aromatic carbocycles. The third kappa shape index (κ3) is 12.1. The molecule has 0 unspecified atom stereocenters. The quantitative estimate of drug-likeness (QED) is 0.300. The van der Waals surface area contributed by atoms with E-state index >= 15 is 0 Å². The van der Waals surface area contributed by atoms with Crippen LogP contribution in [0.2, 0.25) is 0 Å². The second kappa shape index (κ2) is 16.5. The number of aromatic amines is 2. The molecule has 1 atom stereocenters. The van der Waals surface area contributed by atoms with Crippen LogP contribution in [0.3, 0.4) is 0 Å². The smallest absolute Gasteiger partial charge is 0.430 e. The molecule has 0 bridgehead atoms. The zero-order chi connectivity index (χ0) is 30.4. The highest BCUT2D eigenvalue weighted by molar-refractivity contribution is 5.89. The number of morpholine rings is 1. The van der Waals surface area contributed by atoms with Crippen molar-refractivity contribution in [1.29, 1.82) is 0 Å². The first-order valence-electron chi connectivity index (χ1n) is 13.2. The maximum Gasteiger partial charge on any atom is 0.430 e. The molecule has 226 valence electrons. The minimum Gasteiger partial charge on any atom is -0.542 e. The van der Waals surface area contributed by atoms with Gasteiger partial charge in [-0.15, -0.1) is 0 Å². The molecule has 1 fully saturated rings. The minimum atomic E-state index is -5.19. The Balaban J connectivity index is 0.000000745. The van der Waals surface area contributed by atoms with Gasteiger partial charge in [-0.1, -0.05) is 31.9 Å². The number of amides is 1. The molecular weight excluding hydrogens is 549 g/mol. The number of nitrogens with zero attached hydrogens (tertiary/aromatic N) is 1. The van der Waals surface area contributed by atoms with Crippen molar-refractivity contribution in [2.45, 2.75) is 57.7 Å². The van der Waals surface area contributed by atoms with Crippen LogP contribution in [-0.4, -0.2) is 77.6 Å². The molecule has 0 saturated carbocycles. The minimum absolute atomic E-state index is 0.0505. The Morgan fingerprint density at radius 3 is 2.46 bits per heavy atom. The first kappa shape index (κ1) is 33.4. The number of hydrogen-bond acceptors (Lipinski definition) is 7. The van der Waals surface area contributed by atoms with Crippen molar-refractivity contribution < 1.29 is 52.3 Å². The molecule has 1 aromatic heterocycles. The molecule has 11 nitrogen and oxygen atoms in total. The van der Waals surface area contributed by atoms with Crippen molar-refractivity contribution in [3.63, 3.8) is 0 Å². The third-order valence-corrected chi connectivity index (χ3v) is 6.29. The molecule has 3 rings (SSSR count). The second-order valence-electron chi connectivity index (χ2n) is 9.41. The number of unbranched alkanes of at least 4 members (excludes halogenated alkanes) is 2. The van der Waals surface area contributed by atoms with E-state index < -0.39 is 18.1 Å². The summed E-state index contributed by atoms with van der Waals surface area (Å²) in [5, 5.41) is 21.2. The molecule has 4 N–H and O–H groups in total. The van der Waals surface area contributed by atoms with Gasteiger partial charge in [-0.3, -0.25) is 14.5 Å². The Kier molecular flexibility index (Phi) is 13.4. The van der Waals surface area contributed by atoms with Crippen molar-refractivity contribution >= 4 is 23.6 Å². The number of hydrogen-bond donors (Lipinski definition) is 3. The van der Waals surface area contributed by atoms with Crippen LogP contribution < -0.4 is 15.4 Å². The van der Waals surface area contributed by atoms with Crippen LogP contribution in [0.15, 0.2) is 30.5 Å². The van der Waals surface area contributed by atoms with E-state index in [1.165, 1.54) is 0 Å². The lowest BCUT2D eigenvalue weighted by molar-refractivity contribution is -0.391. The molecule has 1 aliphatic rings. The van der Waals surface area contributed by atoms with Gasteiger partial charge in [0, 0.05) is 31.5 Å². The van der Waals surface area contributed by atoms with E-state index in [4.69, 9.17) is 14.6 Å². The van der Waals surface area contributed by atoms with Crippen molar-refractivity contribution in [3.8, 4) is 11.3 Å². The number of ketones is 1. The highest BCUT2D eigenvalue weighted by Gasteiger charge is 2.29. The highest BCUT2D eigenvalue weighted by Crippen LogP contribution is 2.22. The van der Waals surface area contributed by atoms with Crippen molar-refractivity contribution in [1.82, 2.24) is 15.2 Å². The molecule has 41 heavy (non-hydrogen) atoms. The standard InChI is InChI=1S/C25H34N4O5.C2HF3O2/c1-2-20(30)9-4-3-5-10-21(27-23(31)17-29-11-13-34-14-12-29)24-26-16-22(28-24)18-7-6-8-19(15-18)25(32)33;3-2(4,5)1(6)7/h6-8,15-16,21H,2-5,9-14,17H2,1H3,(H,26,28)(H,27,31)(H,32,33);(H,6,7)/t21-;/m0./s1. The summed E-state index contributed by atoms with van der Waals surface area (Å²) in [6, 6.07) is 6.47. The fraction of sp³-hybridized carbons (Fsp3) is 0.519. The number of aromatic carboxylic acids is 1. The van der Waals surface area contributed by atoms with Gasteiger partial charge in [-0.2, -0.15) is 13.2 Å². The Hall–Kier alpha value is -3.78. The lowest BCUT2D eigenvalue weighted by Crippen LogP contribution is -2.44. The molecular formula is C27H35F3N4O7. The number of Topliss-reactive ketones (excluding diaryl/α,β-unsaturated/α-hetero) is 1. The van der Waals surface area contributed by atoms with Crippen LogP contribution >= 0.6 is 0 Å². The average molecular weight is 585 g/mol. The number of alkyl halides is 3. The topological polar surface area (TPSA) is 166 Å². The van der Waals surface area contributed by atoms with Crippen LogP contribution in [0.5, 0.6) is 0 Å². The SMILES string of the molecule is CCC(=O)CCCCC[C@H](NC(=O)CN1CCOCC1)c1[nH]c(-c2cccc(C(=O)O)c2)c[nH+]1.O=C([O-])C(F)(F)F. The normalized spacial score (nSPS) is 14.4. The zero-order valence-electron chi connectivity index (χ0n) is 22.7. The van der Waals surface area contributed by atoms with E-state index in [1.807, 2.05) is 13.0 Å². The fourth-order valence-electron chi connectivity index (χ4n) is 4.05. The summed E-state index contributed by atoms with van der Waals surface area (Å²) in [6.07, 6.45) is 1.12. The summed E-state index contributed by atoms with van der Waals surface area (Å²) < 4.78 is 36.9. The van der Waals surface area contributed by atoms with Crippen LogP contribution in [0.1, 0.15) is 67.7 Å². The van der Waals surface area contributed by atoms with Crippen LogP contribution in [0.4, 0.5) is 13.2 Å². The summed E-state index contributed by atoms with van der Waals surface area (Å²) in [5.41, 5.74) is 1.71. The summed E-state index contributed by atoms with van der Waals surface area (Å²) in [6.45, 7) is 4.95. The highest BCUT2D eigenvalue weighted by atomic mass is 19.4. The maximum absolute atomic E-state index is 12.8. The molecule has 2 aromatic rings. The van der Waals surface area contributed by atoms with E-state index in [-0.39, 0.29) is 23.3 Å². The molecule has 1 amide bonds. The number of carboxylic acids is 2.